The van der Waals surface area contributed by atoms with Gasteiger partial charge in [0.25, 0.3) is 0 Å². The molecule has 110 valence electrons. The summed E-state index contributed by atoms with van der Waals surface area (Å²) in [4.78, 5) is 12.0. The number of carbonyl (C=O) groups excluding carboxylic acids is 1. The van der Waals surface area contributed by atoms with Gasteiger partial charge in [0.1, 0.15) is 0 Å². The van der Waals surface area contributed by atoms with Gasteiger partial charge in [-0.3, -0.25) is 0 Å². The van der Waals surface area contributed by atoms with Crippen molar-refractivity contribution in [2.24, 2.45) is 0 Å². The molecule has 1 saturated heterocycles. The number of piperidine rings is 1. The Morgan fingerprint density at radius 1 is 1.20 bits per heavy atom. The molecule has 0 unspecified atom stereocenters. The van der Waals surface area contributed by atoms with E-state index in [2.05, 4.69) is 16.0 Å². The smallest absolute Gasteiger partial charge is 0.319 e. The zero-order valence-corrected chi connectivity index (χ0v) is 12.2. The van der Waals surface area contributed by atoms with E-state index >= 15 is 0 Å². The van der Waals surface area contributed by atoms with Gasteiger partial charge in [0, 0.05) is 18.0 Å². The number of rotatable bonds is 3. The Morgan fingerprint density at radius 2 is 1.80 bits per heavy atom. The van der Waals surface area contributed by atoms with Crippen LogP contribution in [0.3, 0.4) is 0 Å². The molecule has 2 rings (SSSR count). The molecule has 0 radical (unpaired) electrons. The SMILES string of the molecule is CS(=O)(=O)c1ccc(NC(=O)NC2CCNCC2)cc1. The summed E-state index contributed by atoms with van der Waals surface area (Å²) < 4.78 is 22.6. The maximum Gasteiger partial charge on any atom is 0.319 e. The summed E-state index contributed by atoms with van der Waals surface area (Å²) in [6.45, 7) is 1.82. The van der Waals surface area contributed by atoms with Gasteiger partial charge in [0.2, 0.25) is 0 Å². The van der Waals surface area contributed by atoms with Crippen molar-refractivity contribution in [3.05, 3.63) is 24.3 Å². The molecule has 7 heteroatoms. The number of hydrogen-bond donors (Lipinski definition) is 3. The number of benzene rings is 1. The van der Waals surface area contributed by atoms with Crippen molar-refractivity contribution in [2.75, 3.05) is 24.7 Å². The van der Waals surface area contributed by atoms with Crippen LogP contribution < -0.4 is 16.0 Å². The molecule has 0 aromatic heterocycles. The van der Waals surface area contributed by atoms with E-state index < -0.39 is 9.84 Å². The van der Waals surface area contributed by atoms with Crippen molar-refractivity contribution < 1.29 is 13.2 Å². The highest BCUT2D eigenvalue weighted by Crippen LogP contribution is 2.14. The molecular weight excluding hydrogens is 278 g/mol. The van der Waals surface area contributed by atoms with Gasteiger partial charge in [-0.05, 0) is 50.2 Å². The number of nitrogens with one attached hydrogen (secondary N) is 3. The highest BCUT2D eigenvalue weighted by atomic mass is 32.2. The normalized spacial score (nSPS) is 16.6. The van der Waals surface area contributed by atoms with Gasteiger partial charge in [-0.1, -0.05) is 0 Å². The summed E-state index contributed by atoms with van der Waals surface area (Å²) in [7, 11) is -3.21. The molecule has 0 saturated carbocycles. The number of sulfone groups is 1. The molecule has 1 aliphatic rings. The van der Waals surface area contributed by atoms with Crippen molar-refractivity contribution in [3.63, 3.8) is 0 Å². The van der Waals surface area contributed by atoms with Crippen LogP contribution in [-0.2, 0) is 9.84 Å². The molecule has 3 N–H and O–H groups in total. The molecule has 0 bridgehead atoms. The van der Waals surface area contributed by atoms with E-state index in [1.807, 2.05) is 0 Å². The van der Waals surface area contributed by atoms with Crippen molar-refractivity contribution in [3.8, 4) is 0 Å². The van der Waals surface area contributed by atoms with Crippen LogP contribution >= 0.6 is 0 Å². The maximum absolute atomic E-state index is 11.8. The zero-order valence-electron chi connectivity index (χ0n) is 11.3. The molecule has 1 fully saturated rings. The van der Waals surface area contributed by atoms with E-state index in [0.29, 0.717) is 5.69 Å². The summed E-state index contributed by atoms with van der Waals surface area (Å²) in [5, 5.41) is 8.84. The lowest BCUT2D eigenvalue weighted by Gasteiger charge is -2.23. The molecule has 2 amide bonds. The van der Waals surface area contributed by atoms with Crippen LogP contribution in [0.2, 0.25) is 0 Å². The summed E-state index contributed by atoms with van der Waals surface area (Å²) in [5.74, 6) is 0. The second kappa shape index (κ2) is 6.23. The minimum Gasteiger partial charge on any atom is -0.335 e. The summed E-state index contributed by atoms with van der Waals surface area (Å²) >= 11 is 0. The number of carbonyl (C=O) groups is 1. The first-order chi connectivity index (χ1) is 9.45. The Labute approximate surface area is 118 Å². The van der Waals surface area contributed by atoms with Gasteiger partial charge in [0.15, 0.2) is 9.84 Å². The van der Waals surface area contributed by atoms with Crippen molar-refractivity contribution in [2.45, 2.75) is 23.8 Å². The highest BCUT2D eigenvalue weighted by Gasteiger charge is 2.15. The average Bonchev–Trinajstić information content (AvgIpc) is 2.39. The van der Waals surface area contributed by atoms with Crippen molar-refractivity contribution in [1.29, 1.82) is 0 Å². The number of hydrogen-bond acceptors (Lipinski definition) is 4. The van der Waals surface area contributed by atoms with Crippen molar-refractivity contribution >= 4 is 21.6 Å². The van der Waals surface area contributed by atoms with E-state index in [4.69, 9.17) is 0 Å². The molecule has 0 aliphatic carbocycles. The Kier molecular flexibility index (Phi) is 4.61. The van der Waals surface area contributed by atoms with Crippen LogP contribution in [0.4, 0.5) is 10.5 Å². The molecule has 0 spiro atoms. The topological polar surface area (TPSA) is 87.3 Å². The second-order valence-corrected chi connectivity index (χ2v) is 6.94. The molecule has 1 aromatic rings. The number of anilines is 1. The Balaban J connectivity index is 1.91. The summed E-state index contributed by atoms with van der Waals surface area (Å²) in [5.41, 5.74) is 0.573. The third-order valence-electron chi connectivity index (χ3n) is 3.21. The van der Waals surface area contributed by atoms with Gasteiger partial charge >= 0.3 is 6.03 Å². The lowest BCUT2D eigenvalue weighted by molar-refractivity contribution is 0.245. The predicted octanol–water partition coefficient (Wildman–Crippen LogP) is 0.964. The standard InChI is InChI=1S/C13H19N3O3S/c1-20(18,19)12-4-2-10(3-5-12)15-13(17)16-11-6-8-14-9-7-11/h2-5,11,14H,6-9H2,1H3,(H2,15,16,17). The maximum atomic E-state index is 11.8. The quantitative estimate of drug-likeness (QED) is 0.775. The number of urea groups is 1. The van der Waals surface area contributed by atoms with Gasteiger partial charge in [-0.25, -0.2) is 13.2 Å². The van der Waals surface area contributed by atoms with Crippen LogP contribution in [0.1, 0.15) is 12.8 Å². The molecular formula is C13H19N3O3S. The molecule has 0 atom stereocenters. The number of amides is 2. The van der Waals surface area contributed by atoms with Crippen molar-refractivity contribution in [1.82, 2.24) is 10.6 Å². The first-order valence-corrected chi connectivity index (χ1v) is 8.42. The van der Waals surface area contributed by atoms with E-state index in [1.165, 1.54) is 12.1 Å². The van der Waals surface area contributed by atoms with E-state index in [-0.39, 0.29) is 17.0 Å². The van der Waals surface area contributed by atoms with Crippen LogP contribution in [-0.4, -0.2) is 39.8 Å². The van der Waals surface area contributed by atoms with E-state index in [1.54, 1.807) is 12.1 Å². The Hall–Kier alpha value is -1.60. The first kappa shape index (κ1) is 14.8. The van der Waals surface area contributed by atoms with Crippen LogP contribution in [0, 0.1) is 0 Å². The fourth-order valence-electron chi connectivity index (χ4n) is 2.10. The fraction of sp³-hybridized carbons (Fsp3) is 0.462. The minimum absolute atomic E-state index is 0.187. The Bertz CT molecular complexity index is 563. The average molecular weight is 297 g/mol. The highest BCUT2D eigenvalue weighted by molar-refractivity contribution is 7.90. The predicted molar refractivity (Wildman–Crippen MR) is 77.6 cm³/mol. The fourth-order valence-corrected chi connectivity index (χ4v) is 2.73. The van der Waals surface area contributed by atoms with E-state index in [9.17, 15) is 13.2 Å². The molecule has 20 heavy (non-hydrogen) atoms. The largest absolute Gasteiger partial charge is 0.335 e. The Morgan fingerprint density at radius 3 is 2.35 bits per heavy atom. The van der Waals surface area contributed by atoms with Gasteiger partial charge < -0.3 is 16.0 Å². The van der Waals surface area contributed by atoms with Crippen LogP contribution in [0.25, 0.3) is 0 Å². The summed E-state index contributed by atoms with van der Waals surface area (Å²) in [6, 6.07) is 6.05. The molecule has 1 aromatic carbocycles. The lowest BCUT2D eigenvalue weighted by atomic mass is 10.1. The third-order valence-corrected chi connectivity index (χ3v) is 4.34. The van der Waals surface area contributed by atoms with Gasteiger partial charge in [0.05, 0.1) is 4.90 Å². The minimum atomic E-state index is -3.21. The second-order valence-electron chi connectivity index (χ2n) is 4.92. The molecule has 6 nitrogen and oxygen atoms in total. The lowest BCUT2D eigenvalue weighted by Crippen LogP contribution is -2.44. The molecule has 1 aliphatic heterocycles. The third kappa shape index (κ3) is 4.21. The van der Waals surface area contributed by atoms with Gasteiger partial charge in [-0.15, -0.1) is 0 Å². The van der Waals surface area contributed by atoms with Crippen LogP contribution in [0.15, 0.2) is 29.2 Å². The molecule has 1 heterocycles. The summed E-state index contributed by atoms with van der Waals surface area (Å²) in [6.07, 6.45) is 2.99. The monoisotopic (exact) mass is 297 g/mol. The van der Waals surface area contributed by atoms with E-state index in [0.717, 1.165) is 32.2 Å². The van der Waals surface area contributed by atoms with Crippen LogP contribution in [0.5, 0.6) is 0 Å². The first-order valence-electron chi connectivity index (χ1n) is 6.53. The van der Waals surface area contributed by atoms with Gasteiger partial charge in [-0.2, -0.15) is 0 Å². The zero-order chi connectivity index (χ0) is 14.6.